The minimum absolute atomic E-state index is 0.462. The number of nitrogens with zero attached hydrogens (tertiary/aromatic N) is 5. The number of aliphatic hydroxyl groups is 1. The summed E-state index contributed by atoms with van der Waals surface area (Å²) in [6, 6.07) is 1.16. The van der Waals surface area contributed by atoms with Gasteiger partial charge in [0.05, 0.1) is 12.6 Å². The predicted molar refractivity (Wildman–Crippen MR) is 61.3 cm³/mol. The van der Waals surface area contributed by atoms with Gasteiger partial charge in [-0.1, -0.05) is 0 Å². The van der Waals surface area contributed by atoms with Gasteiger partial charge >= 0.3 is 0 Å². The average molecular weight is 237 g/mol. The van der Waals surface area contributed by atoms with Crippen molar-refractivity contribution in [1.29, 1.82) is 0 Å². The van der Waals surface area contributed by atoms with Crippen LogP contribution in [0.2, 0.25) is 0 Å². The number of aryl methyl sites for hydroxylation is 1. The van der Waals surface area contributed by atoms with E-state index >= 15 is 0 Å². The zero-order valence-electron chi connectivity index (χ0n) is 10.4. The first-order chi connectivity index (χ1) is 8.06. The molecule has 2 aliphatic rings. The van der Waals surface area contributed by atoms with Crippen molar-refractivity contribution in [2.45, 2.75) is 50.3 Å². The van der Waals surface area contributed by atoms with Gasteiger partial charge < -0.3 is 5.11 Å². The van der Waals surface area contributed by atoms with E-state index in [0.717, 1.165) is 13.0 Å². The van der Waals surface area contributed by atoms with Crippen LogP contribution in [0.3, 0.4) is 0 Å². The molecule has 94 valence electrons. The number of aromatic nitrogens is 4. The molecule has 0 bridgehead atoms. The summed E-state index contributed by atoms with van der Waals surface area (Å²) in [5, 5.41) is 22.5. The smallest absolute Gasteiger partial charge is 0.177 e. The van der Waals surface area contributed by atoms with Crippen molar-refractivity contribution in [2.75, 3.05) is 6.54 Å². The minimum atomic E-state index is -0.676. The summed E-state index contributed by atoms with van der Waals surface area (Å²) >= 11 is 0. The molecule has 1 aliphatic carbocycles. The van der Waals surface area contributed by atoms with E-state index in [4.69, 9.17) is 0 Å². The standard InChI is InChI=1S/C11H19N5O/c1-8-5-11(17,7-16(8)9-3-4-9)6-10-12-14-15(2)13-10/h8-9,17H,3-7H2,1-2H3. The predicted octanol–water partition coefficient (Wildman–Crippen LogP) is -0.260. The third-order valence-corrected chi connectivity index (χ3v) is 3.77. The van der Waals surface area contributed by atoms with Gasteiger partial charge in [0.2, 0.25) is 0 Å². The molecule has 0 aromatic carbocycles. The Morgan fingerprint density at radius 2 is 2.24 bits per heavy atom. The van der Waals surface area contributed by atoms with Gasteiger partial charge in [-0.05, 0) is 31.4 Å². The van der Waals surface area contributed by atoms with Gasteiger partial charge in [0.1, 0.15) is 0 Å². The van der Waals surface area contributed by atoms with Crippen LogP contribution in [-0.2, 0) is 13.5 Å². The SMILES string of the molecule is CC1CC(O)(Cc2nnn(C)n2)CN1C1CC1. The van der Waals surface area contributed by atoms with Crippen molar-refractivity contribution < 1.29 is 5.11 Å². The highest BCUT2D eigenvalue weighted by Gasteiger charge is 2.46. The number of rotatable bonds is 3. The number of likely N-dealkylation sites (tertiary alicyclic amines) is 1. The molecule has 17 heavy (non-hydrogen) atoms. The summed E-state index contributed by atoms with van der Waals surface area (Å²) in [5.74, 6) is 0.639. The lowest BCUT2D eigenvalue weighted by Crippen LogP contribution is -2.37. The molecular formula is C11H19N5O. The fraction of sp³-hybridized carbons (Fsp3) is 0.909. The van der Waals surface area contributed by atoms with Crippen LogP contribution >= 0.6 is 0 Å². The molecule has 2 atom stereocenters. The molecule has 2 fully saturated rings. The lowest BCUT2D eigenvalue weighted by molar-refractivity contribution is 0.0467. The Hall–Kier alpha value is -1.01. The largest absolute Gasteiger partial charge is 0.388 e. The van der Waals surface area contributed by atoms with Gasteiger partial charge in [0, 0.05) is 25.0 Å². The number of hydrogen-bond donors (Lipinski definition) is 1. The Balaban J connectivity index is 1.69. The summed E-state index contributed by atoms with van der Waals surface area (Å²) < 4.78 is 0. The Bertz CT molecular complexity index is 416. The van der Waals surface area contributed by atoms with Gasteiger partial charge in [-0.15, -0.1) is 10.2 Å². The van der Waals surface area contributed by atoms with Gasteiger partial charge in [0.25, 0.3) is 0 Å². The molecule has 1 saturated heterocycles. The Morgan fingerprint density at radius 1 is 1.47 bits per heavy atom. The highest BCUT2D eigenvalue weighted by Crippen LogP contribution is 2.38. The fourth-order valence-corrected chi connectivity index (χ4v) is 2.94. The molecule has 2 unspecified atom stereocenters. The van der Waals surface area contributed by atoms with Crippen LogP contribution < -0.4 is 0 Å². The highest BCUT2D eigenvalue weighted by molar-refractivity contribution is 5.04. The van der Waals surface area contributed by atoms with Crippen molar-refractivity contribution in [3.8, 4) is 0 Å². The van der Waals surface area contributed by atoms with Crippen LogP contribution in [0.5, 0.6) is 0 Å². The van der Waals surface area contributed by atoms with E-state index in [1.807, 2.05) is 0 Å². The molecule has 1 saturated carbocycles. The van der Waals surface area contributed by atoms with E-state index in [1.165, 1.54) is 17.6 Å². The third kappa shape index (κ3) is 2.19. The van der Waals surface area contributed by atoms with Crippen molar-refractivity contribution in [1.82, 2.24) is 25.1 Å². The molecule has 6 heteroatoms. The molecule has 2 heterocycles. The van der Waals surface area contributed by atoms with E-state index in [1.54, 1.807) is 7.05 Å². The molecule has 1 aliphatic heterocycles. The topological polar surface area (TPSA) is 67.1 Å². The third-order valence-electron chi connectivity index (χ3n) is 3.77. The fourth-order valence-electron chi connectivity index (χ4n) is 2.94. The second kappa shape index (κ2) is 3.74. The summed E-state index contributed by atoms with van der Waals surface area (Å²) in [4.78, 5) is 3.87. The number of β-amino-alcohol motifs (C(OH)–C–C–N with tert-alkyl or cyclic N) is 1. The average Bonchev–Trinajstić information content (AvgIpc) is 2.94. The van der Waals surface area contributed by atoms with E-state index in [-0.39, 0.29) is 0 Å². The van der Waals surface area contributed by atoms with Crippen molar-refractivity contribution in [2.24, 2.45) is 7.05 Å². The first-order valence-corrected chi connectivity index (χ1v) is 6.27. The van der Waals surface area contributed by atoms with Crippen molar-refractivity contribution in [3.05, 3.63) is 5.82 Å². The first-order valence-electron chi connectivity index (χ1n) is 6.27. The van der Waals surface area contributed by atoms with Gasteiger partial charge in [-0.3, -0.25) is 4.90 Å². The van der Waals surface area contributed by atoms with Crippen molar-refractivity contribution in [3.63, 3.8) is 0 Å². The molecular weight excluding hydrogens is 218 g/mol. The zero-order chi connectivity index (χ0) is 12.0. The van der Waals surface area contributed by atoms with E-state index in [0.29, 0.717) is 24.3 Å². The molecule has 1 N–H and O–H groups in total. The van der Waals surface area contributed by atoms with E-state index < -0.39 is 5.60 Å². The summed E-state index contributed by atoms with van der Waals surface area (Å²) in [7, 11) is 1.74. The normalized spacial score (nSPS) is 34.4. The van der Waals surface area contributed by atoms with E-state index in [2.05, 4.69) is 27.2 Å². The zero-order valence-corrected chi connectivity index (χ0v) is 10.4. The van der Waals surface area contributed by atoms with Gasteiger partial charge in [-0.25, -0.2) is 0 Å². The minimum Gasteiger partial charge on any atom is -0.388 e. The molecule has 3 rings (SSSR count). The van der Waals surface area contributed by atoms with Crippen LogP contribution in [0.15, 0.2) is 0 Å². The number of tetrazole rings is 1. The molecule has 1 aromatic rings. The van der Waals surface area contributed by atoms with E-state index in [9.17, 15) is 5.11 Å². The van der Waals surface area contributed by atoms with Crippen molar-refractivity contribution >= 4 is 0 Å². The molecule has 1 aromatic heterocycles. The van der Waals surface area contributed by atoms with Gasteiger partial charge in [0.15, 0.2) is 5.82 Å². The van der Waals surface area contributed by atoms with Crippen LogP contribution in [-0.4, -0.2) is 54.4 Å². The monoisotopic (exact) mass is 237 g/mol. The first kappa shape index (κ1) is 11.1. The van der Waals surface area contributed by atoms with Gasteiger partial charge in [-0.2, -0.15) is 4.80 Å². The molecule has 0 spiro atoms. The quantitative estimate of drug-likeness (QED) is 0.784. The van der Waals surface area contributed by atoms with Crippen LogP contribution in [0.4, 0.5) is 0 Å². The van der Waals surface area contributed by atoms with Crippen LogP contribution in [0, 0.1) is 0 Å². The lowest BCUT2D eigenvalue weighted by Gasteiger charge is -2.22. The number of hydrogen-bond acceptors (Lipinski definition) is 5. The van der Waals surface area contributed by atoms with Crippen LogP contribution in [0.25, 0.3) is 0 Å². The lowest BCUT2D eigenvalue weighted by atomic mass is 9.96. The Morgan fingerprint density at radius 3 is 2.82 bits per heavy atom. The second-order valence-electron chi connectivity index (χ2n) is 5.55. The molecule has 0 radical (unpaired) electrons. The molecule has 0 amide bonds. The summed E-state index contributed by atoms with van der Waals surface area (Å²) in [5.41, 5.74) is -0.676. The molecule has 6 nitrogen and oxygen atoms in total. The Kier molecular flexibility index (Phi) is 2.45. The highest BCUT2D eigenvalue weighted by atomic mass is 16.3. The maximum Gasteiger partial charge on any atom is 0.177 e. The Labute approximate surface area is 101 Å². The maximum atomic E-state index is 10.6. The summed E-state index contributed by atoms with van der Waals surface area (Å²) in [6.45, 7) is 2.94. The maximum absolute atomic E-state index is 10.6. The second-order valence-corrected chi connectivity index (χ2v) is 5.55. The van der Waals surface area contributed by atoms with Crippen LogP contribution in [0.1, 0.15) is 32.0 Å². The summed E-state index contributed by atoms with van der Waals surface area (Å²) in [6.07, 6.45) is 3.88.